The van der Waals surface area contributed by atoms with E-state index in [2.05, 4.69) is 0 Å². The van der Waals surface area contributed by atoms with Crippen LogP contribution in [0.3, 0.4) is 0 Å². The Labute approximate surface area is 127 Å². The number of rotatable bonds is 3. The predicted octanol–water partition coefficient (Wildman–Crippen LogP) is 4.22. The minimum atomic E-state index is -4.64. The maximum atomic E-state index is 13.3. The molecule has 1 heterocycles. The lowest BCUT2D eigenvalue weighted by Gasteiger charge is -2.34. The number of hydrogen-bond donors (Lipinski definition) is 2. The second-order valence-corrected chi connectivity index (χ2v) is 7.40. The van der Waals surface area contributed by atoms with Gasteiger partial charge in [-0.1, -0.05) is 41.9 Å². The van der Waals surface area contributed by atoms with Gasteiger partial charge in [0.25, 0.3) is 0 Å². The third kappa shape index (κ3) is 3.63. The van der Waals surface area contributed by atoms with E-state index in [0.717, 1.165) is 6.08 Å². The molecule has 1 aliphatic rings. The van der Waals surface area contributed by atoms with Crippen LogP contribution in [0.15, 0.2) is 52.4 Å². The van der Waals surface area contributed by atoms with Crippen molar-refractivity contribution >= 4 is 28.5 Å². The standard InChI is InChI=1S/C14H12ClF3O2S/c15-11-7-6-10(13(19)20)12(14(16,17)18)21(11)8-9-4-2-1-3-5-9/h1-7,12,21H,8H2,(H,19,20). The van der Waals surface area contributed by atoms with Crippen molar-refractivity contribution in [2.75, 3.05) is 0 Å². The van der Waals surface area contributed by atoms with Gasteiger partial charge in [0, 0.05) is 5.75 Å². The average molecular weight is 337 g/mol. The Kier molecular flexibility index (Phi) is 4.68. The molecule has 0 aliphatic carbocycles. The quantitative estimate of drug-likeness (QED) is 0.811. The summed E-state index contributed by atoms with van der Waals surface area (Å²) in [6.45, 7) is 0. The van der Waals surface area contributed by atoms with Gasteiger partial charge in [-0.15, -0.1) is 0 Å². The van der Waals surface area contributed by atoms with Gasteiger partial charge in [0.2, 0.25) is 0 Å². The van der Waals surface area contributed by atoms with Gasteiger partial charge in [-0.3, -0.25) is 0 Å². The number of carbonyl (C=O) groups is 1. The van der Waals surface area contributed by atoms with Gasteiger partial charge in [-0.25, -0.2) is 4.79 Å². The van der Waals surface area contributed by atoms with E-state index < -0.39 is 33.9 Å². The molecule has 0 fully saturated rings. The number of halogens is 4. The summed E-state index contributed by atoms with van der Waals surface area (Å²) in [5.74, 6) is -1.46. The van der Waals surface area contributed by atoms with Crippen LogP contribution in [0.2, 0.25) is 0 Å². The van der Waals surface area contributed by atoms with Crippen LogP contribution in [0.5, 0.6) is 0 Å². The van der Waals surface area contributed by atoms with Crippen LogP contribution in [-0.2, 0) is 10.5 Å². The number of hydrogen-bond acceptors (Lipinski definition) is 1. The van der Waals surface area contributed by atoms with Crippen molar-refractivity contribution in [1.82, 2.24) is 0 Å². The molecule has 0 saturated heterocycles. The zero-order valence-corrected chi connectivity index (χ0v) is 12.3. The molecule has 1 aliphatic heterocycles. The Bertz CT molecular complexity index is 596. The van der Waals surface area contributed by atoms with Crippen LogP contribution in [0.25, 0.3) is 0 Å². The smallest absolute Gasteiger partial charge is 0.403 e. The molecule has 0 amide bonds. The Morgan fingerprint density at radius 3 is 2.38 bits per heavy atom. The highest BCUT2D eigenvalue weighted by molar-refractivity contribution is 8.21. The van der Waals surface area contributed by atoms with E-state index in [9.17, 15) is 18.0 Å². The van der Waals surface area contributed by atoms with E-state index in [0.29, 0.717) is 5.56 Å². The molecule has 0 radical (unpaired) electrons. The number of benzene rings is 1. The topological polar surface area (TPSA) is 37.3 Å². The summed E-state index contributed by atoms with van der Waals surface area (Å²) >= 11 is 5.96. The monoisotopic (exact) mass is 336 g/mol. The normalized spacial score (nSPS) is 24.2. The lowest BCUT2D eigenvalue weighted by atomic mass is 10.1. The number of carboxylic acid groups (broad SMARTS) is 1. The highest BCUT2D eigenvalue weighted by atomic mass is 35.5. The van der Waals surface area contributed by atoms with Crippen LogP contribution in [-0.4, -0.2) is 22.5 Å². The summed E-state index contributed by atoms with van der Waals surface area (Å²) in [7, 11) is -1.88. The second kappa shape index (κ2) is 6.15. The number of allylic oxidation sites excluding steroid dienone is 2. The molecule has 1 N–H and O–H groups in total. The van der Waals surface area contributed by atoms with Gasteiger partial charge in [0.15, 0.2) is 0 Å². The zero-order valence-electron chi connectivity index (χ0n) is 10.6. The predicted molar refractivity (Wildman–Crippen MR) is 78.6 cm³/mol. The van der Waals surface area contributed by atoms with E-state index >= 15 is 0 Å². The van der Waals surface area contributed by atoms with Crippen LogP contribution in [0.4, 0.5) is 13.2 Å². The fourth-order valence-electron chi connectivity index (χ4n) is 2.12. The molecule has 2 nitrogen and oxygen atoms in total. The van der Waals surface area contributed by atoms with E-state index in [4.69, 9.17) is 16.7 Å². The molecule has 0 bridgehead atoms. The molecule has 0 aromatic heterocycles. The van der Waals surface area contributed by atoms with Gasteiger partial charge in [0.05, 0.1) is 9.94 Å². The zero-order chi connectivity index (χ0) is 15.6. The van der Waals surface area contributed by atoms with Crippen LogP contribution in [0.1, 0.15) is 5.56 Å². The van der Waals surface area contributed by atoms with Crippen molar-refractivity contribution in [2.45, 2.75) is 17.2 Å². The van der Waals surface area contributed by atoms with E-state index in [1.807, 2.05) is 0 Å². The molecular formula is C14H12ClF3O2S. The second-order valence-electron chi connectivity index (χ2n) is 4.47. The molecule has 7 heteroatoms. The third-order valence-electron chi connectivity index (χ3n) is 3.03. The lowest BCUT2D eigenvalue weighted by molar-refractivity contribution is -0.140. The molecular weight excluding hydrogens is 325 g/mol. The fraction of sp³-hybridized carbons (Fsp3) is 0.214. The molecule has 0 spiro atoms. The molecule has 2 rings (SSSR count). The highest BCUT2D eigenvalue weighted by Gasteiger charge is 2.49. The first-order chi connectivity index (χ1) is 9.80. The molecule has 0 saturated carbocycles. The van der Waals surface area contributed by atoms with Crippen molar-refractivity contribution in [2.24, 2.45) is 0 Å². The summed E-state index contributed by atoms with van der Waals surface area (Å²) in [4.78, 5) is 11.1. The van der Waals surface area contributed by atoms with Crippen molar-refractivity contribution in [3.63, 3.8) is 0 Å². The molecule has 1 aromatic rings. The fourth-order valence-corrected chi connectivity index (χ4v) is 5.00. The highest BCUT2D eigenvalue weighted by Crippen LogP contribution is 2.55. The maximum Gasteiger partial charge on any atom is 0.403 e. The maximum absolute atomic E-state index is 13.3. The van der Waals surface area contributed by atoms with Gasteiger partial charge < -0.3 is 5.11 Å². The first-order valence-corrected chi connectivity index (χ1v) is 7.96. The first kappa shape index (κ1) is 16.0. The number of thiol groups is 1. The van der Waals surface area contributed by atoms with E-state index in [-0.39, 0.29) is 10.1 Å². The number of alkyl halides is 3. The van der Waals surface area contributed by atoms with E-state index in [1.54, 1.807) is 30.3 Å². The molecule has 1 aromatic carbocycles. The van der Waals surface area contributed by atoms with Gasteiger partial charge in [0.1, 0.15) is 5.25 Å². The first-order valence-electron chi connectivity index (χ1n) is 5.98. The summed E-state index contributed by atoms with van der Waals surface area (Å²) in [6, 6.07) is 8.63. The van der Waals surface area contributed by atoms with Crippen LogP contribution < -0.4 is 0 Å². The Morgan fingerprint density at radius 2 is 1.86 bits per heavy atom. The molecule has 114 valence electrons. The molecule has 2 atom stereocenters. The summed E-state index contributed by atoms with van der Waals surface area (Å²) in [5.41, 5.74) is 0.0602. The third-order valence-corrected chi connectivity index (χ3v) is 6.41. The average Bonchev–Trinajstić information content (AvgIpc) is 2.40. The number of aliphatic carboxylic acids is 1. The van der Waals surface area contributed by atoms with Crippen LogP contribution in [0, 0.1) is 0 Å². The van der Waals surface area contributed by atoms with Gasteiger partial charge >= 0.3 is 12.1 Å². The molecule has 2 unspecified atom stereocenters. The van der Waals surface area contributed by atoms with Crippen molar-refractivity contribution in [3.05, 3.63) is 58.0 Å². The number of carboxylic acids is 1. The lowest BCUT2D eigenvalue weighted by Crippen LogP contribution is -2.35. The minimum Gasteiger partial charge on any atom is -0.478 e. The molecule has 21 heavy (non-hydrogen) atoms. The summed E-state index contributed by atoms with van der Waals surface area (Å²) in [6.07, 6.45) is -2.42. The summed E-state index contributed by atoms with van der Waals surface area (Å²) in [5, 5.41) is 6.97. The Morgan fingerprint density at radius 1 is 1.24 bits per heavy atom. The van der Waals surface area contributed by atoms with Gasteiger partial charge in [-0.2, -0.15) is 24.1 Å². The van der Waals surface area contributed by atoms with E-state index in [1.165, 1.54) is 6.08 Å². The van der Waals surface area contributed by atoms with Crippen molar-refractivity contribution in [1.29, 1.82) is 0 Å². The van der Waals surface area contributed by atoms with Crippen molar-refractivity contribution in [3.8, 4) is 0 Å². The SMILES string of the molecule is O=C(O)C1=CC=C(Cl)[SH](Cc2ccccc2)C1C(F)(F)F. The Hall–Kier alpha value is -1.40. The van der Waals surface area contributed by atoms with Crippen molar-refractivity contribution < 1.29 is 23.1 Å². The largest absolute Gasteiger partial charge is 0.478 e. The van der Waals surface area contributed by atoms with Crippen LogP contribution >= 0.6 is 22.5 Å². The Balaban J connectivity index is 2.39. The minimum absolute atomic E-state index is 0.0844. The van der Waals surface area contributed by atoms with Gasteiger partial charge in [-0.05, 0) is 17.7 Å². The summed E-state index contributed by atoms with van der Waals surface area (Å²) < 4.78 is 40.0.